The molecule has 1 N–H and O–H groups in total. The van der Waals surface area contributed by atoms with Gasteiger partial charge in [-0.15, -0.1) is 0 Å². The Hall–Kier alpha value is -0.130. The molecule has 1 aliphatic heterocycles. The molecule has 4 nitrogen and oxygen atoms in total. The molecule has 1 fully saturated rings. The summed E-state index contributed by atoms with van der Waals surface area (Å²) in [6.45, 7) is 5.92. The van der Waals surface area contributed by atoms with Crippen molar-refractivity contribution in [3.63, 3.8) is 0 Å². The fourth-order valence-corrected chi connectivity index (χ4v) is 4.52. The van der Waals surface area contributed by atoms with E-state index in [1.54, 1.807) is 4.31 Å². The van der Waals surface area contributed by atoms with Crippen molar-refractivity contribution in [2.75, 3.05) is 26.4 Å². The van der Waals surface area contributed by atoms with Crippen molar-refractivity contribution in [3.8, 4) is 0 Å². The molecule has 5 heteroatoms. The Balaban J connectivity index is 2.59. The number of sulfonamides is 1. The Kier molecular flexibility index (Phi) is 8.21. The van der Waals surface area contributed by atoms with Crippen LogP contribution in [0.3, 0.4) is 0 Å². The van der Waals surface area contributed by atoms with Gasteiger partial charge >= 0.3 is 0 Å². The van der Waals surface area contributed by atoms with Crippen molar-refractivity contribution in [1.29, 1.82) is 0 Å². The summed E-state index contributed by atoms with van der Waals surface area (Å²) in [4.78, 5) is 0. The van der Waals surface area contributed by atoms with Crippen LogP contribution in [0.5, 0.6) is 0 Å². The van der Waals surface area contributed by atoms with E-state index in [-0.39, 0.29) is 0 Å². The van der Waals surface area contributed by atoms with E-state index < -0.39 is 10.0 Å². The van der Waals surface area contributed by atoms with Gasteiger partial charge in [-0.1, -0.05) is 33.1 Å². The average Bonchev–Trinajstić information content (AvgIpc) is 2.46. The van der Waals surface area contributed by atoms with Crippen LogP contribution < -0.4 is 5.32 Å². The van der Waals surface area contributed by atoms with E-state index >= 15 is 0 Å². The summed E-state index contributed by atoms with van der Waals surface area (Å²) in [5, 5.41) is 3.49. The predicted molar refractivity (Wildman–Crippen MR) is 89.9 cm³/mol. The molecule has 0 aromatic carbocycles. The summed E-state index contributed by atoms with van der Waals surface area (Å²) in [6, 6.07) is 0.520. The van der Waals surface area contributed by atoms with Crippen LogP contribution in [0.2, 0.25) is 0 Å². The van der Waals surface area contributed by atoms with Crippen molar-refractivity contribution in [3.05, 3.63) is 0 Å². The third-order valence-electron chi connectivity index (χ3n) is 4.93. The largest absolute Gasteiger partial charge is 0.317 e. The van der Waals surface area contributed by atoms with E-state index in [9.17, 15) is 8.42 Å². The number of nitrogens with zero attached hydrogens (tertiary/aromatic N) is 1. The minimum Gasteiger partial charge on any atom is -0.317 e. The van der Waals surface area contributed by atoms with Gasteiger partial charge in [-0.2, -0.15) is 0 Å². The van der Waals surface area contributed by atoms with Gasteiger partial charge in [-0.05, 0) is 44.6 Å². The van der Waals surface area contributed by atoms with E-state index in [1.165, 1.54) is 31.9 Å². The van der Waals surface area contributed by atoms with Crippen LogP contribution in [-0.2, 0) is 10.0 Å². The average molecular weight is 319 g/mol. The Morgan fingerprint density at radius 3 is 2.57 bits per heavy atom. The lowest BCUT2D eigenvalue weighted by Crippen LogP contribution is -2.43. The Morgan fingerprint density at radius 2 is 2.05 bits per heavy atom. The Labute approximate surface area is 131 Å². The Morgan fingerprint density at radius 1 is 1.33 bits per heavy atom. The molecule has 1 rings (SSSR count). The quantitative estimate of drug-likeness (QED) is 0.711. The first-order valence-electron chi connectivity index (χ1n) is 8.54. The zero-order valence-electron chi connectivity index (χ0n) is 14.3. The number of nitrogens with one attached hydrogen (secondary N) is 1. The van der Waals surface area contributed by atoms with Crippen LogP contribution in [0, 0.1) is 11.8 Å². The Bertz CT molecular complexity index is 384. The highest BCUT2D eigenvalue weighted by Crippen LogP contribution is 2.27. The summed E-state index contributed by atoms with van der Waals surface area (Å²) in [5.74, 6) is 1.21. The fraction of sp³-hybridized carbons (Fsp3) is 1.00. The number of hydrogen-bond donors (Lipinski definition) is 1. The van der Waals surface area contributed by atoms with Crippen molar-refractivity contribution in [2.24, 2.45) is 11.8 Å². The summed E-state index contributed by atoms with van der Waals surface area (Å²) < 4.78 is 25.1. The second-order valence-corrected chi connectivity index (χ2v) is 8.55. The van der Waals surface area contributed by atoms with Crippen molar-refractivity contribution < 1.29 is 8.42 Å². The molecule has 0 radical (unpaired) electrons. The molecule has 0 aromatic heterocycles. The highest BCUT2D eigenvalue weighted by atomic mass is 32.2. The van der Waals surface area contributed by atoms with Gasteiger partial charge in [-0.3, -0.25) is 0 Å². The van der Waals surface area contributed by atoms with Crippen LogP contribution in [0.15, 0.2) is 0 Å². The lowest BCUT2D eigenvalue weighted by atomic mass is 9.83. The summed E-state index contributed by atoms with van der Waals surface area (Å²) in [6.07, 6.45) is 9.62. The molecule has 3 unspecified atom stereocenters. The standard InChI is InChI=1S/C16H34N2O2S/c1-5-7-10-15(6-2)16(17-3)12-14-9-8-11-18(13-14)21(4,19)20/h14-17H,5-13H2,1-4H3. The lowest BCUT2D eigenvalue weighted by Gasteiger charge is -2.35. The normalized spacial score (nSPS) is 23.9. The molecule has 0 saturated carbocycles. The monoisotopic (exact) mass is 318 g/mol. The number of piperidine rings is 1. The summed E-state index contributed by atoms with van der Waals surface area (Å²) in [5.41, 5.74) is 0. The molecule has 0 spiro atoms. The minimum atomic E-state index is -3.03. The lowest BCUT2D eigenvalue weighted by molar-refractivity contribution is 0.210. The van der Waals surface area contributed by atoms with Gasteiger partial charge in [0.2, 0.25) is 10.0 Å². The molecule has 0 amide bonds. The zero-order valence-corrected chi connectivity index (χ0v) is 15.1. The second-order valence-electron chi connectivity index (χ2n) is 6.57. The molecule has 0 aliphatic carbocycles. The van der Waals surface area contributed by atoms with Crippen LogP contribution in [0.1, 0.15) is 58.8 Å². The van der Waals surface area contributed by atoms with Gasteiger partial charge in [0.05, 0.1) is 6.26 Å². The van der Waals surface area contributed by atoms with Gasteiger partial charge in [0.1, 0.15) is 0 Å². The van der Waals surface area contributed by atoms with E-state index in [4.69, 9.17) is 0 Å². The minimum absolute atomic E-state index is 0.501. The van der Waals surface area contributed by atoms with Gasteiger partial charge in [-0.25, -0.2) is 12.7 Å². The molecule has 126 valence electrons. The molecule has 1 aliphatic rings. The highest BCUT2D eigenvalue weighted by molar-refractivity contribution is 7.88. The topological polar surface area (TPSA) is 49.4 Å². The van der Waals surface area contributed by atoms with E-state index in [1.807, 2.05) is 0 Å². The fourth-order valence-electron chi connectivity index (χ4n) is 3.58. The first-order valence-corrected chi connectivity index (χ1v) is 10.4. The molecule has 21 heavy (non-hydrogen) atoms. The molecular formula is C16H34N2O2S. The summed E-state index contributed by atoms with van der Waals surface area (Å²) >= 11 is 0. The number of hydrogen-bond acceptors (Lipinski definition) is 3. The smallest absolute Gasteiger partial charge is 0.211 e. The molecule has 1 heterocycles. The van der Waals surface area contributed by atoms with Crippen LogP contribution in [0.25, 0.3) is 0 Å². The first-order chi connectivity index (χ1) is 9.92. The molecular weight excluding hydrogens is 284 g/mol. The third-order valence-corrected chi connectivity index (χ3v) is 6.20. The molecule has 3 atom stereocenters. The highest BCUT2D eigenvalue weighted by Gasteiger charge is 2.29. The van der Waals surface area contributed by atoms with E-state index in [0.717, 1.165) is 19.3 Å². The van der Waals surface area contributed by atoms with Crippen LogP contribution in [0.4, 0.5) is 0 Å². The van der Waals surface area contributed by atoms with Crippen molar-refractivity contribution in [2.45, 2.75) is 64.8 Å². The first kappa shape index (κ1) is 18.9. The van der Waals surface area contributed by atoms with Crippen LogP contribution >= 0.6 is 0 Å². The zero-order chi connectivity index (χ0) is 15.9. The van der Waals surface area contributed by atoms with Gasteiger partial charge in [0, 0.05) is 19.1 Å². The molecule has 0 bridgehead atoms. The maximum Gasteiger partial charge on any atom is 0.211 e. The number of rotatable bonds is 9. The van der Waals surface area contributed by atoms with Gasteiger partial charge in [0.15, 0.2) is 0 Å². The summed E-state index contributed by atoms with van der Waals surface area (Å²) in [7, 11) is -0.976. The van der Waals surface area contributed by atoms with Crippen LogP contribution in [-0.4, -0.2) is 45.2 Å². The maximum absolute atomic E-state index is 11.7. The predicted octanol–water partition coefficient (Wildman–Crippen LogP) is 2.85. The molecule has 0 aromatic rings. The third kappa shape index (κ3) is 6.25. The van der Waals surface area contributed by atoms with Crippen molar-refractivity contribution >= 4 is 10.0 Å². The van der Waals surface area contributed by atoms with Gasteiger partial charge < -0.3 is 5.32 Å². The molecule has 1 saturated heterocycles. The number of unbranched alkanes of at least 4 members (excludes halogenated alkanes) is 1. The maximum atomic E-state index is 11.7. The van der Waals surface area contributed by atoms with Gasteiger partial charge in [0.25, 0.3) is 0 Å². The van der Waals surface area contributed by atoms with Crippen molar-refractivity contribution in [1.82, 2.24) is 9.62 Å². The SMILES string of the molecule is CCCCC(CC)C(CC1CCCN(S(C)(=O)=O)C1)NC. The van der Waals surface area contributed by atoms with E-state index in [2.05, 4.69) is 26.2 Å². The van der Waals surface area contributed by atoms with E-state index in [0.29, 0.717) is 31.0 Å². The second kappa shape index (κ2) is 9.11.